The van der Waals surface area contributed by atoms with Gasteiger partial charge in [-0.15, -0.1) is 11.8 Å². The summed E-state index contributed by atoms with van der Waals surface area (Å²) in [4.78, 5) is 55.1. The number of rotatable bonds is 13. The van der Waals surface area contributed by atoms with Gasteiger partial charge in [-0.2, -0.15) is 11.8 Å². The smallest absolute Gasteiger partial charge is 0.330 e. The molecule has 1 aliphatic rings. The normalized spacial score (nSPS) is 16.7. The van der Waals surface area contributed by atoms with Gasteiger partial charge in [-0.25, -0.2) is 4.79 Å². The average molecular weight is 667 g/mol. The van der Waals surface area contributed by atoms with Crippen LogP contribution in [-0.4, -0.2) is 88.6 Å². The molecule has 3 amide bonds. The highest BCUT2D eigenvalue weighted by Crippen LogP contribution is 2.26. The van der Waals surface area contributed by atoms with Crippen LogP contribution < -0.4 is 21.1 Å². The van der Waals surface area contributed by atoms with Gasteiger partial charge in [-0.05, 0) is 50.5 Å². The molecule has 0 aromatic heterocycles. The number of fused-ring (bicyclic) bond motifs is 1. The second-order valence-corrected chi connectivity index (χ2v) is 14.0. The third-order valence-corrected chi connectivity index (χ3v) is 8.90. The van der Waals surface area contributed by atoms with Crippen molar-refractivity contribution in [2.75, 3.05) is 30.2 Å². The summed E-state index contributed by atoms with van der Waals surface area (Å²) in [5.41, 5.74) is 6.95. The third kappa shape index (κ3) is 9.63. The molecule has 0 radical (unpaired) electrons. The Bertz CT molecular complexity index is 1510. The lowest BCUT2D eigenvalue weighted by Crippen LogP contribution is -2.58. The third-order valence-electron chi connectivity index (χ3n) is 7.22. The molecule has 3 aromatic carbocycles. The van der Waals surface area contributed by atoms with E-state index in [0.29, 0.717) is 11.5 Å². The Labute approximate surface area is 278 Å². The summed E-state index contributed by atoms with van der Waals surface area (Å²) in [6, 6.07) is 19.9. The molecule has 0 bridgehead atoms. The summed E-state index contributed by atoms with van der Waals surface area (Å²) >= 11 is 2.78. The largest absolute Gasteiger partial charge is 0.483 e. The number of thioether (sulfide) groups is 2. The van der Waals surface area contributed by atoms with Crippen molar-refractivity contribution < 1.29 is 28.7 Å². The molecular formula is C34H42N4O6S2. The molecule has 0 spiro atoms. The summed E-state index contributed by atoms with van der Waals surface area (Å²) in [6.07, 6.45) is 0.662. The lowest BCUT2D eigenvalue weighted by molar-refractivity contribution is -0.164. The number of carbonyl (C=O) groups is 4. The predicted octanol–water partition coefficient (Wildman–Crippen LogP) is 3.36. The van der Waals surface area contributed by atoms with Gasteiger partial charge in [0.05, 0.1) is 11.9 Å². The number of esters is 1. The van der Waals surface area contributed by atoms with E-state index in [-0.39, 0.29) is 30.6 Å². The Kier molecular flexibility index (Phi) is 12.4. The number of nitrogens with two attached hydrogens (primary N) is 1. The van der Waals surface area contributed by atoms with Crippen LogP contribution in [0.3, 0.4) is 0 Å². The van der Waals surface area contributed by atoms with Crippen molar-refractivity contribution in [2.24, 2.45) is 5.73 Å². The van der Waals surface area contributed by atoms with Crippen LogP contribution in [0.25, 0.3) is 10.8 Å². The van der Waals surface area contributed by atoms with Crippen LogP contribution >= 0.6 is 23.5 Å². The molecule has 4 rings (SSSR count). The van der Waals surface area contributed by atoms with Gasteiger partial charge in [0.25, 0.3) is 11.8 Å². The van der Waals surface area contributed by atoms with E-state index in [4.69, 9.17) is 15.2 Å². The van der Waals surface area contributed by atoms with Gasteiger partial charge < -0.3 is 30.7 Å². The fraction of sp³-hybridized carbons (Fsp3) is 0.412. The first-order chi connectivity index (χ1) is 22.0. The molecule has 0 saturated carbocycles. The monoisotopic (exact) mass is 666 g/mol. The van der Waals surface area contributed by atoms with Crippen molar-refractivity contribution in [3.8, 4) is 5.75 Å². The maximum absolute atomic E-state index is 14.0. The van der Waals surface area contributed by atoms with Gasteiger partial charge in [0.1, 0.15) is 17.8 Å². The number of hydrogen-bond acceptors (Lipinski definition) is 9. The first-order valence-corrected chi connectivity index (χ1v) is 17.6. The van der Waals surface area contributed by atoms with Crippen LogP contribution in [0.1, 0.15) is 26.3 Å². The van der Waals surface area contributed by atoms with E-state index in [1.54, 1.807) is 12.3 Å². The summed E-state index contributed by atoms with van der Waals surface area (Å²) in [6.45, 7) is 5.28. The number of hydrogen-bond donors (Lipinski definition) is 3. The highest BCUT2D eigenvalue weighted by Gasteiger charge is 2.42. The van der Waals surface area contributed by atoms with E-state index in [9.17, 15) is 19.2 Å². The maximum Gasteiger partial charge on any atom is 0.330 e. The van der Waals surface area contributed by atoms with Crippen LogP contribution in [-0.2, 0) is 30.3 Å². The summed E-state index contributed by atoms with van der Waals surface area (Å²) in [5, 5.41) is 7.47. The lowest BCUT2D eigenvalue weighted by atomic mass is 10.0. The molecule has 0 aliphatic carbocycles. The number of benzene rings is 3. The minimum atomic E-state index is -1.38. The predicted molar refractivity (Wildman–Crippen MR) is 184 cm³/mol. The molecular weight excluding hydrogens is 625 g/mol. The SMILES string of the molecule is CSC[C@H](NC(=O)COc1cccc2ccccc12)C(=O)O[C@H](C(=O)N1CSC[C@H]1C(=O)NC(C)(C)C)[C@@H](N)Cc1ccccc1. The molecule has 12 heteroatoms. The van der Waals surface area contributed by atoms with Crippen molar-refractivity contribution in [1.82, 2.24) is 15.5 Å². The molecule has 10 nitrogen and oxygen atoms in total. The number of ether oxygens (including phenoxy) is 2. The van der Waals surface area contributed by atoms with Crippen molar-refractivity contribution in [1.29, 1.82) is 0 Å². The fourth-order valence-electron chi connectivity index (χ4n) is 5.05. The molecule has 246 valence electrons. The molecule has 3 aromatic rings. The maximum atomic E-state index is 14.0. The van der Waals surface area contributed by atoms with Crippen molar-refractivity contribution >= 4 is 58.0 Å². The standard InChI is InChI=1S/C34H42N4O6S2/c1-34(2,3)37-31(40)27-20-46-21-38(27)32(41)30(25(35)17-22-11-6-5-7-12-22)44-33(42)26(19-45-4)36-29(39)18-43-28-16-10-14-23-13-8-9-15-24(23)28/h5-16,25-27,30H,17-21,35H2,1-4H3,(H,36,39)(H,37,40)/t25-,26-,27-,30-/m0/s1. The zero-order valence-electron chi connectivity index (χ0n) is 26.6. The fourth-order valence-corrected chi connectivity index (χ4v) is 6.77. The van der Waals surface area contributed by atoms with Gasteiger partial charge in [0.2, 0.25) is 5.91 Å². The molecule has 4 N–H and O–H groups in total. The molecule has 1 aliphatic heterocycles. The Morgan fingerprint density at radius 3 is 2.43 bits per heavy atom. The Morgan fingerprint density at radius 1 is 1.02 bits per heavy atom. The molecule has 1 heterocycles. The second kappa shape index (κ2) is 16.2. The molecule has 4 atom stereocenters. The topological polar surface area (TPSA) is 140 Å². The summed E-state index contributed by atoms with van der Waals surface area (Å²) in [7, 11) is 0. The summed E-state index contributed by atoms with van der Waals surface area (Å²) in [5.74, 6) is -0.746. The first kappa shape index (κ1) is 35.1. The van der Waals surface area contributed by atoms with E-state index in [0.717, 1.165) is 16.3 Å². The van der Waals surface area contributed by atoms with Crippen LogP contribution in [0.4, 0.5) is 0 Å². The average Bonchev–Trinajstić information content (AvgIpc) is 3.52. The molecule has 46 heavy (non-hydrogen) atoms. The second-order valence-electron chi connectivity index (χ2n) is 12.1. The van der Waals surface area contributed by atoms with E-state index >= 15 is 0 Å². The number of carbonyl (C=O) groups excluding carboxylic acids is 4. The van der Waals surface area contributed by atoms with Crippen LogP contribution in [0, 0.1) is 0 Å². The minimum absolute atomic E-state index is 0.198. The number of amides is 3. The lowest BCUT2D eigenvalue weighted by Gasteiger charge is -2.32. The number of nitrogens with zero attached hydrogens (tertiary/aromatic N) is 1. The van der Waals surface area contributed by atoms with Gasteiger partial charge >= 0.3 is 5.97 Å². The van der Waals surface area contributed by atoms with Crippen molar-refractivity contribution in [3.63, 3.8) is 0 Å². The zero-order valence-corrected chi connectivity index (χ0v) is 28.2. The van der Waals surface area contributed by atoms with E-state index in [2.05, 4.69) is 10.6 Å². The van der Waals surface area contributed by atoms with Gasteiger partial charge in [-0.3, -0.25) is 14.4 Å². The highest BCUT2D eigenvalue weighted by atomic mass is 32.2. The molecule has 1 fully saturated rings. The molecule has 0 unspecified atom stereocenters. The first-order valence-electron chi connectivity index (χ1n) is 15.1. The van der Waals surface area contributed by atoms with Crippen molar-refractivity contribution in [3.05, 3.63) is 78.4 Å². The van der Waals surface area contributed by atoms with Crippen molar-refractivity contribution in [2.45, 2.75) is 57.0 Å². The minimum Gasteiger partial charge on any atom is -0.483 e. The highest BCUT2D eigenvalue weighted by molar-refractivity contribution is 7.99. The Morgan fingerprint density at radius 2 is 1.72 bits per heavy atom. The quantitative estimate of drug-likeness (QED) is 0.234. The Hall–Kier alpha value is -3.74. The van der Waals surface area contributed by atoms with Crippen LogP contribution in [0.15, 0.2) is 72.8 Å². The van der Waals surface area contributed by atoms with Gasteiger partial charge in [-0.1, -0.05) is 66.7 Å². The van der Waals surface area contributed by atoms with Crippen LogP contribution in [0.2, 0.25) is 0 Å². The number of nitrogens with one attached hydrogen (secondary N) is 2. The van der Waals surface area contributed by atoms with E-state index in [1.165, 1.54) is 28.4 Å². The van der Waals surface area contributed by atoms with E-state index < -0.39 is 47.6 Å². The Balaban J connectivity index is 1.49. The van der Waals surface area contributed by atoms with Gasteiger partial charge in [0.15, 0.2) is 12.7 Å². The molecule has 1 saturated heterocycles. The van der Waals surface area contributed by atoms with E-state index in [1.807, 2.05) is 87.5 Å². The van der Waals surface area contributed by atoms with Crippen LogP contribution in [0.5, 0.6) is 5.75 Å². The zero-order chi connectivity index (χ0) is 33.3. The summed E-state index contributed by atoms with van der Waals surface area (Å²) < 4.78 is 11.7. The van der Waals surface area contributed by atoms with Gasteiger partial charge in [0, 0.05) is 22.4 Å².